The lowest BCUT2D eigenvalue weighted by molar-refractivity contribution is 0.0864. The third-order valence-electron chi connectivity index (χ3n) is 3.67. The minimum absolute atomic E-state index is 0.187. The number of nitrogens with one attached hydrogen (secondary N) is 1. The van der Waals surface area contributed by atoms with Crippen LogP contribution in [0.5, 0.6) is 0 Å². The maximum Gasteiger partial charge on any atom is 0.272 e. The van der Waals surface area contributed by atoms with Crippen LogP contribution >= 0.6 is 11.6 Å². The molecule has 0 saturated carbocycles. The van der Waals surface area contributed by atoms with Crippen LogP contribution in [0.2, 0.25) is 5.02 Å². The first kappa shape index (κ1) is 18.0. The lowest BCUT2D eigenvalue weighted by Crippen LogP contribution is -2.46. The summed E-state index contributed by atoms with van der Waals surface area (Å²) in [5.41, 5.74) is 1.39. The Balaban J connectivity index is 2.06. The number of aliphatic hydroxyl groups is 1. The summed E-state index contributed by atoms with van der Waals surface area (Å²) in [6, 6.07) is 8.74. The highest BCUT2D eigenvalue weighted by atomic mass is 35.5. The second-order valence-corrected chi connectivity index (χ2v) is 6.83. The first-order valence-corrected chi connectivity index (χ1v) is 8.33. The van der Waals surface area contributed by atoms with Gasteiger partial charge in [0.2, 0.25) is 0 Å². The fourth-order valence-corrected chi connectivity index (χ4v) is 2.40. The molecule has 0 saturated heterocycles. The highest BCUT2D eigenvalue weighted by molar-refractivity contribution is 6.30. The summed E-state index contributed by atoms with van der Waals surface area (Å²) >= 11 is 5.92. The van der Waals surface area contributed by atoms with Gasteiger partial charge in [-0.05, 0) is 44.2 Å². The van der Waals surface area contributed by atoms with Crippen LogP contribution in [0.4, 0.5) is 0 Å². The van der Waals surface area contributed by atoms with Crippen LogP contribution < -0.4 is 5.32 Å². The van der Waals surface area contributed by atoms with Gasteiger partial charge in [-0.15, -0.1) is 0 Å². The minimum Gasteiger partial charge on any atom is -0.394 e. The van der Waals surface area contributed by atoms with Crippen LogP contribution in [0.15, 0.2) is 48.9 Å². The number of carbonyl (C=O) groups is 1. The van der Waals surface area contributed by atoms with Gasteiger partial charge in [0.1, 0.15) is 0 Å². The third kappa shape index (κ3) is 3.89. The van der Waals surface area contributed by atoms with Gasteiger partial charge in [-0.1, -0.05) is 11.6 Å². The number of hydrogen-bond donors (Lipinski definition) is 2. The van der Waals surface area contributed by atoms with Gasteiger partial charge in [0.05, 0.1) is 40.4 Å². The van der Waals surface area contributed by atoms with E-state index in [9.17, 15) is 9.90 Å². The van der Waals surface area contributed by atoms with E-state index in [4.69, 9.17) is 11.6 Å². The average molecular weight is 372 g/mol. The maximum absolute atomic E-state index is 12.5. The number of pyridine rings is 2. The van der Waals surface area contributed by atoms with Crippen molar-refractivity contribution in [3.05, 3.63) is 59.6 Å². The first-order valence-electron chi connectivity index (χ1n) is 7.95. The molecule has 8 heteroatoms. The quantitative estimate of drug-likeness (QED) is 0.718. The van der Waals surface area contributed by atoms with Crippen molar-refractivity contribution in [2.24, 2.45) is 0 Å². The molecule has 3 heterocycles. The van der Waals surface area contributed by atoms with E-state index in [1.165, 1.54) is 6.20 Å². The molecule has 1 amide bonds. The van der Waals surface area contributed by atoms with Gasteiger partial charge in [-0.2, -0.15) is 5.10 Å². The summed E-state index contributed by atoms with van der Waals surface area (Å²) in [7, 11) is 0. The fraction of sp³-hybridized carbons (Fsp3) is 0.222. The molecule has 2 N–H and O–H groups in total. The normalized spacial score (nSPS) is 11.4. The first-order chi connectivity index (χ1) is 12.4. The molecule has 134 valence electrons. The zero-order chi connectivity index (χ0) is 18.7. The Morgan fingerprint density at radius 2 is 2.12 bits per heavy atom. The molecular formula is C18H18ClN5O2. The number of carbonyl (C=O) groups excluding carboxylic acids is 1. The Morgan fingerprint density at radius 1 is 1.31 bits per heavy atom. The largest absolute Gasteiger partial charge is 0.394 e. The van der Waals surface area contributed by atoms with Crippen LogP contribution in [0.1, 0.15) is 24.3 Å². The van der Waals surface area contributed by atoms with Crippen molar-refractivity contribution < 1.29 is 9.90 Å². The van der Waals surface area contributed by atoms with E-state index in [-0.39, 0.29) is 18.2 Å². The summed E-state index contributed by atoms with van der Waals surface area (Å²) in [5, 5.41) is 17.0. The second-order valence-electron chi connectivity index (χ2n) is 6.40. The van der Waals surface area contributed by atoms with Crippen molar-refractivity contribution in [2.75, 3.05) is 6.61 Å². The Morgan fingerprint density at radius 3 is 2.73 bits per heavy atom. The predicted molar refractivity (Wildman–Crippen MR) is 98.2 cm³/mol. The molecule has 3 aromatic rings. The fourth-order valence-electron chi connectivity index (χ4n) is 2.29. The van der Waals surface area contributed by atoms with Crippen molar-refractivity contribution in [3.8, 4) is 17.1 Å². The molecule has 0 bridgehead atoms. The van der Waals surface area contributed by atoms with Crippen LogP contribution in [-0.2, 0) is 0 Å². The van der Waals surface area contributed by atoms with Gasteiger partial charge in [-0.25, -0.2) is 4.68 Å². The molecule has 0 radical (unpaired) electrons. The SMILES string of the molecule is CC(C)(CO)NC(=O)c1cc(-c2ccc(Cl)cn2)n(-c2cccnc2)n1. The number of aromatic nitrogens is 4. The van der Waals surface area contributed by atoms with E-state index < -0.39 is 5.54 Å². The monoisotopic (exact) mass is 371 g/mol. The van der Waals surface area contributed by atoms with Gasteiger partial charge in [0, 0.05) is 12.4 Å². The van der Waals surface area contributed by atoms with Gasteiger partial charge < -0.3 is 10.4 Å². The van der Waals surface area contributed by atoms with E-state index in [0.717, 1.165) is 0 Å². The number of hydrogen-bond acceptors (Lipinski definition) is 5. The van der Waals surface area contributed by atoms with Crippen LogP contribution in [0, 0.1) is 0 Å². The van der Waals surface area contributed by atoms with Gasteiger partial charge in [-0.3, -0.25) is 14.8 Å². The molecule has 7 nitrogen and oxygen atoms in total. The number of halogens is 1. The second kappa shape index (κ2) is 7.23. The van der Waals surface area contributed by atoms with Gasteiger partial charge in [0.15, 0.2) is 5.69 Å². The molecule has 3 rings (SSSR count). The summed E-state index contributed by atoms with van der Waals surface area (Å²) in [4.78, 5) is 21.0. The minimum atomic E-state index is -0.756. The predicted octanol–water partition coefficient (Wildman–Crippen LogP) is 2.48. The van der Waals surface area contributed by atoms with E-state index in [1.807, 2.05) is 6.07 Å². The van der Waals surface area contributed by atoms with E-state index in [1.54, 1.807) is 55.2 Å². The van der Waals surface area contributed by atoms with Crippen molar-refractivity contribution in [2.45, 2.75) is 19.4 Å². The Bertz CT molecular complexity index is 907. The highest BCUT2D eigenvalue weighted by Gasteiger charge is 2.23. The summed E-state index contributed by atoms with van der Waals surface area (Å²) in [6.07, 6.45) is 4.84. The molecule has 0 spiro atoms. The zero-order valence-electron chi connectivity index (χ0n) is 14.3. The highest BCUT2D eigenvalue weighted by Crippen LogP contribution is 2.23. The Kier molecular flexibility index (Phi) is 5.01. The van der Waals surface area contributed by atoms with Gasteiger partial charge in [0.25, 0.3) is 5.91 Å². The zero-order valence-corrected chi connectivity index (χ0v) is 15.1. The molecule has 0 aliphatic heterocycles. The average Bonchev–Trinajstić information content (AvgIpc) is 3.08. The third-order valence-corrected chi connectivity index (χ3v) is 3.89. The summed E-state index contributed by atoms with van der Waals surface area (Å²) in [6.45, 7) is 3.27. The number of nitrogens with zero attached hydrogens (tertiary/aromatic N) is 4. The van der Waals surface area contributed by atoms with Crippen LogP contribution in [-0.4, -0.2) is 42.9 Å². The lowest BCUT2D eigenvalue weighted by Gasteiger charge is -2.22. The summed E-state index contributed by atoms with van der Waals surface area (Å²) in [5.74, 6) is -0.387. The van der Waals surface area contributed by atoms with Crippen LogP contribution in [0.25, 0.3) is 17.1 Å². The molecule has 0 unspecified atom stereocenters. The standard InChI is InChI=1S/C18H18ClN5O2/c1-18(2,11-25)22-17(26)15-8-16(14-6-5-12(19)9-21-14)24(23-15)13-4-3-7-20-10-13/h3-10,25H,11H2,1-2H3,(H,22,26). The molecule has 0 atom stereocenters. The number of rotatable bonds is 5. The molecule has 0 aromatic carbocycles. The van der Waals surface area contributed by atoms with E-state index in [0.29, 0.717) is 22.1 Å². The van der Waals surface area contributed by atoms with Crippen molar-refractivity contribution in [1.82, 2.24) is 25.1 Å². The molecule has 3 aromatic heterocycles. The van der Waals surface area contributed by atoms with Gasteiger partial charge >= 0.3 is 0 Å². The van der Waals surface area contributed by atoms with Crippen molar-refractivity contribution in [3.63, 3.8) is 0 Å². The van der Waals surface area contributed by atoms with E-state index >= 15 is 0 Å². The molecule has 0 aliphatic rings. The number of aliphatic hydroxyl groups excluding tert-OH is 1. The summed E-state index contributed by atoms with van der Waals surface area (Å²) < 4.78 is 1.60. The molecule has 0 aliphatic carbocycles. The molecule has 26 heavy (non-hydrogen) atoms. The lowest BCUT2D eigenvalue weighted by atomic mass is 10.1. The topological polar surface area (TPSA) is 92.9 Å². The van der Waals surface area contributed by atoms with E-state index in [2.05, 4.69) is 20.4 Å². The molecular weight excluding hydrogens is 354 g/mol. The number of amides is 1. The van der Waals surface area contributed by atoms with Crippen molar-refractivity contribution >= 4 is 17.5 Å². The Labute approximate surface area is 155 Å². The maximum atomic E-state index is 12.5. The smallest absolute Gasteiger partial charge is 0.272 e. The Hall–Kier alpha value is -2.77. The van der Waals surface area contributed by atoms with Crippen LogP contribution in [0.3, 0.4) is 0 Å². The molecule has 0 fully saturated rings. The van der Waals surface area contributed by atoms with Crippen molar-refractivity contribution in [1.29, 1.82) is 0 Å².